The molecule has 8 nitrogen and oxygen atoms in total. The first-order chi connectivity index (χ1) is 14.5. The molecule has 0 unspecified atom stereocenters. The van der Waals surface area contributed by atoms with Gasteiger partial charge in [-0.1, -0.05) is 41.1 Å². The molecule has 1 aromatic heterocycles. The third kappa shape index (κ3) is 6.51. The maximum atomic E-state index is 12.2. The Labute approximate surface area is 182 Å². The fourth-order valence-corrected chi connectivity index (χ4v) is 3.24. The number of hydrogen-bond acceptors (Lipinski definition) is 7. The lowest BCUT2D eigenvalue weighted by atomic mass is 10.2. The quantitative estimate of drug-likeness (QED) is 0.523. The highest BCUT2D eigenvalue weighted by molar-refractivity contribution is 7.13. The van der Waals surface area contributed by atoms with Gasteiger partial charge in [-0.05, 0) is 35.9 Å². The Kier molecular flexibility index (Phi) is 7.72. The van der Waals surface area contributed by atoms with Gasteiger partial charge >= 0.3 is 0 Å². The second kappa shape index (κ2) is 10.7. The number of amides is 2. The van der Waals surface area contributed by atoms with Gasteiger partial charge in [-0.2, -0.15) is 0 Å². The van der Waals surface area contributed by atoms with E-state index in [0.717, 1.165) is 22.6 Å². The molecule has 1 heterocycles. The van der Waals surface area contributed by atoms with Crippen LogP contribution >= 0.6 is 22.9 Å². The minimum Gasteiger partial charge on any atom is -0.497 e. The van der Waals surface area contributed by atoms with Crippen molar-refractivity contribution in [3.05, 3.63) is 69.1 Å². The van der Waals surface area contributed by atoms with Crippen molar-refractivity contribution in [3.63, 3.8) is 0 Å². The van der Waals surface area contributed by atoms with E-state index in [1.807, 2.05) is 24.3 Å². The third-order valence-corrected chi connectivity index (χ3v) is 4.98. The molecule has 30 heavy (non-hydrogen) atoms. The second-order valence-electron chi connectivity index (χ2n) is 6.08. The smallest absolute Gasteiger partial charge is 0.286 e. The molecule has 0 aliphatic carbocycles. The van der Waals surface area contributed by atoms with Crippen molar-refractivity contribution in [2.45, 2.75) is 13.2 Å². The fraction of sp³-hybridized carbons (Fsp3) is 0.200. The predicted molar refractivity (Wildman–Crippen MR) is 114 cm³/mol. The first-order valence-corrected chi connectivity index (χ1v) is 10.1. The first kappa shape index (κ1) is 21.7. The number of carbonyl (C=O) groups is 2. The minimum absolute atomic E-state index is 0.0814. The van der Waals surface area contributed by atoms with Crippen LogP contribution in [0.25, 0.3) is 0 Å². The van der Waals surface area contributed by atoms with Crippen molar-refractivity contribution >= 4 is 40.4 Å². The standard InChI is InChI=1S/C20H19ClN4O4S/c1-28-16-7-5-13(6-8-16)10-22-17(26)11-29-12-18-24-25-20(30-18)19(27)23-15-4-2-3-14(21)9-15/h2-9H,10-12H2,1H3,(H,22,26)(H,23,27). The number of methoxy groups -OCH3 is 1. The molecular formula is C20H19ClN4O4S. The predicted octanol–water partition coefficient (Wildman–Crippen LogP) is 3.29. The number of halogens is 1. The number of anilines is 1. The van der Waals surface area contributed by atoms with Crippen molar-refractivity contribution in [1.82, 2.24) is 15.5 Å². The molecule has 0 saturated carbocycles. The minimum atomic E-state index is -0.391. The van der Waals surface area contributed by atoms with Crippen LogP contribution in [0.5, 0.6) is 5.75 Å². The lowest BCUT2D eigenvalue weighted by molar-refractivity contribution is -0.126. The topological polar surface area (TPSA) is 102 Å². The summed E-state index contributed by atoms with van der Waals surface area (Å²) in [6.45, 7) is 0.344. The maximum Gasteiger partial charge on any atom is 0.286 e. The van der Waals surface area contributed by atoms with E-state index in [1.54, 1.807) is 31.4 Å². The highest BCUT2D eigenvalue weighted by Gasteiger charge is 2.14. The Bertz CT molecular complexity index is 1010. The van der Waals surface area contributed by atoms with Crippen molar-refractivity contribution in [2.24, 2.45) is 0 Å². The largest absolute Gasteiger partial charge is 0.497 e. The van der Waals surface area contributed by atoms with Crippen molar-refractivity contribution in [1.29, 1.82) is 0 Å². The van der Waals surface area contributed by atoms with Crippen LogP contribution in [0.4, 0.5) is 5.69 Å². The van der Waals surface area contributed by atoms with Crippen LogP contribution in [0.1, 0.15) is 20.4 Å². The van der Waals surface area contributed by atoms with Crippen LogP contribution in [-0.2, 0) is 22.7 Å². The number of benzene rings is 2. The molecule has 2 amide bonds. The molecule has 0 atom stereocenters. The van der Waals surface area contributed by atoms with E-state index in [4.69, 9.17) is 21.1 Å². The lowest BCUT2D eigenvalue weighted by Gasteiger charge is -2.06. The molecule has 2 aromatic carbocycles. The summed E-state index contributed by atoms with van der Waals surface area (Å²) in [4.78, 5) is 24.1. The number of carbonyl (C=O) groups excluding carboxylic acids is 2. The normalized spacial score (nSPS) is 10.5. The summed E-state index contributed by atoms with van der Waals surface area (Å²) in [5, 5.41) is 14.4. The van der Waals surface area contributed by atoms with E-state index in [9.17, 15) is 9.59 Å². The number of aromatic nitrogens is 2. The molecule has 156 valence electrons. The van der Waals surface area contributed by atoms with Gasteiger partial charge in [-0.15, -0.1) is 10.2 Å². The molecule has 0 saturated heterocycles. The average Bonchev–Trinajstić information content (AvgIpc) is 3.22. The van der Waals surface area contributed by atoms with Gasteiger partial charge < -0.3 is 20.1 Å². The molecule has 10 heteroatoms. The van der Waals surface area contributed by atoms with Crippen LogP contribution in [-0.4, -0.2) is 35.7 Å². The Morgan fingerprint density at radius 3 is 2.67 bits per heavy atom. The van der Waals surface area contributed by atoms with Gasteiger partial charge in [0.25, 0.3) is 5.91 Å². The van der Waals surface area contributed by atoms with Gasteiger partial charge in [0.2, 0.25) is 10.9 Å². The SMILES string of the molecule is COc1ccc(CNC(=O)COCc2nnc(C(=O)Nc3cccc(Cl)c3)s2)cc1. The number of rotatable bonds is 9. The van der Waals surface area contributed by atoms with E-state index >= 15 is 0 Å². The highest BCUT2D eigenvalue weighted by atomic mass is 35.5. The van der Waals surface area contributed by atoms with Gasteiger partial charge in [-0.3, -0.25) is 9.59 Å². The molecule has 0 fully saturated rings. The summed E-state index contributed by atoms with van der Waals surface area (Å²) in [5.41, 5.74) is 1.51. The van der Waals surface area contributed by atoms with Gasteiger partial charge in [-0.25, -0.2) is 0 Å². The zero-order chi connectivity index (χ0) is 21.3. The number of nitrogens with zero attached hydrogens (tertiary/aromatic N) is 2. The maximum absolute atomic E-state index is 12.2. The summed E-state index contributed by atoms with van der Waals surface area (Å²) in [7, 11) is 1.60. The van der Waals surface area contributed by atoms with E-state index in [2.05, 4.69) is 20.8 Å². The fourth-order valence-electron chi connectivity index (χ4n) is 2.38. The van der Waals surface area contributed by atoms with E-state index in [1.165, 1.54) is 0 Å². The summed E-state index contributed by atoms with van der Waals surface area (Å²) in [6, 6.07) is 14.2. The second-order valence-corrected chi connectivity index (χ2v) is 7.58. The van der Waals surface area contributed by atoms with Crippen LogP contribution in [0, 0.1) is 0 Å². The molecule has 0 bridgehead atoms. The summed E-state index contributed by atoms with van der Waals surface area (Å²) < 4.78 is 10.5. The number of ether oxygens (including phenoxy) is 2. The molecular weight excluding hydrogens is 428 g/mol. The van der Waals surface area contributed by atoms with Crippen LogP contribution in [0.15, 0.2) is 48.5 Å². The van der Waals surface area contributed by atoms with E-state index < -0.39 is 5.91 Å². The number of nitrogens with one attached hydrogen (secondary N) is 2. The van der Waals surface area contributed by atoms with Gasteiger partial charge in [0.15, 0.2) is 0 Å². The van der Waals surface area contributed by atoms with E-state index in [-0.39, 0.29) is 24.1 Å². The van der Waals surface area contributed by atoms with Crippen LogP contribution in [0.2, 0.25) is 5.02 Å². The monoisotopic (exact) mass is 446 g/mol. The molecule has 3 rings (SSSR count). The van der Waals surface area contributed by atoms with Crippen LogP contribution in [0.3, 0.4) is 0 Å². The van der Waals surface area contributed by atoms with Gasteiger partial charge in [0.05, 0.1) is 7.11 Å². The summed E-state index contributed by atoms with van der Waals surface area (Å²) in [6.07, 6.45) is 0. The van der Waals surface area contributed by atoms with Crippen molar-refractivity contribution < 1.29 is 19.1 Å². The number of hydrogen-bond donors (Lipinski definition) is 2. The third-order valence-electron chi connectivity index (χ3n) is 3.85. The zero-order valence-electron chi connectivity index (χ0n) is 16.1. The zero-order valence-corrected chi connectivity index (χ0v) is 17.6. The molecule has 3 aromatic rings. The highest BCUT2D eigenvalue weighted by Crippen LogP contribution is 2.17. The molecule has 0 aliphatic rings. The molecule has 0 radical (unpaired) electrons. The Balaban J connectivity index is 1.40. The van der Waals surface area contributed by atoms with Crippen LogP contribution < -0.4 is 15.4 Å². The molecule has 2 N–H and O–H groups in total. The molecule has 0 spiro atoms. The first-order valence-electron chi connectivity index (χ1n) is 8.90. The summed E-state index contributed by atoms with van der Waals surface area (Å²) >= 11 is 6.99. The van der Waals surface area contributed by atoms with Crippen molar-refractivity contribution in [2.75, 3.05) is 19.0 Å². The molecule has 0 aliphatic heterocycles. The lowest BCUT2D eigenvalue weighted by Crippen LogP contribution is -2.27. The van der Waals surface area contributed by atoms with Gasteiger partial charge in [0.1, 0.15) is 24.0 Å². The Hall–Kier alpha value is -3.01. The van der Waals surface area contributed by atoms with Crippen molar-refractivity contribution in [3.8, 4) is 5.75 Å². The Morgan fingerprint density at radius 1 is 1.13 bits per heavy atom. The average molecular weight is 447 g/mol. The summed E-state index contributed by atoms with van der Waals surface area (Å²) in [5.74, 6) is 0.110. The van der Waals surface area contributed by atoms with E-state index in [0.29, 0.717) is 22.3 Å². The Morgan fingerprint density at radius 2 is 1.93 bits per heavy atom. The van der Waals surface area contributed by atoms with Gasteiger partial charge in [0, 0.05) is 17.3 Å².